The Hall–Kier alpha value is -2.08. The Morgan fingerprint density at radius 3 is 2.64 bits per heavy atom. The largest absolute Gasteiger partial charge is 0.489 e. The average Bonchev–Trinajstić information content (AvgIpc) is 3.00. The summed E-state index contributed by atoms with van der Waals surface area (Å²) < 4.78 is 5.90. The molecular weight excluding hydrogens is 332 g/mol. The molecule has 2 N–H and O–H groups in total. The van der Waals surface area contributed by atoms with Gasteiger partial charge >= 0.3 is 0 Å². The van der Waals surface area contributed by atoms with Crippen LogP contribution >= 0.6 is 11.3 Å². The summed E-state index contributed by atoms with van der Waals surface area (Å²) in [6, 6.07) is 8.10. The minimum Gasteiger partial charge on any atom is -0.489 e. The zero-order valence-electron chi connectivity index (χ0n) is 15.5. The zero-order valence-corrected chi connectivity index (χ0v) is 16.3. The van der Waals surface area contributed by atoms with Crippen LogP contribution in [0, 0.1) is 13.8 Å². The zero-order chi connectivity index (χ0) is 18.1. The van der Waals surface area contributed by atoms with Gasteiger partial charge in [0.05, 0.1) is 17.2 Å². The molecule has 0 spiro atoms. The van der Waals surface area contributed by atoms with Gasteiger partial charge in [0.15, 0.2) is 5.96 Å². The van der Waals surface area contributed by atoms with E-state index in [1.54, 1.807) is 11.3 Å². The van der Waals surface area contributed by atoms with E-state index in [1.807, 2.05) is 26.0 Å². The van der Waals surface area contributed by atoms with Crippen molar-refractivity contribution < 1.29 is 4.74 Å². The van der Waals surface area contributed by atoms with Crippen molar-refractivity contribution in [1.82, 2.24) is 15.6 Å². The van der Waals surface area contributed by atoms with E-state index in [2.05, 4.69) is 52.0 Å². The predicted octanol–water partition coefficient (Wildman–Crippen LogP) is 3.33. The van der Waals surface area contributed by atoms with Crippen LogP contribution in [0.5, 0.6) is 5.75 Å². The lowest BCUT2D eigenvalue weighted by Gasteiger charge is -2.15. The van der Waals surface area contributed by atoms with E-state index in [0.717, 1.165) is 41.9 Å². The van der Waals surface area contributed by atoms with E-state index in [1.165, 1.54) is 5.56 Å². The normalized spacial score (nSPS) is 12.7. The van der Waals surface area contributed by atoms with E-state index >= 15 is 0 Å². The number of hydrogen-bond donors (Lipinski definition) is 2. The van der Waals surface area contributed by atoms with Crippen molar-refractivity contribution in [2.45, 2.75) is 40.2 Å². The molecule has 0 radical (unpaired) electrons. The summed E-state index contributed by atoms with van der Waals surface area (Å²) >= 11 is 1.69. The number of nitrogens with zero attached hydrogens (tertiary/aromatic N) is 2. The molecule has 0 amide bonds. The van der Waals surface area contributed by atoms with E-state index in [0.29, 0.717) is 6.54 Å². The van der Waals surface area contributed by atoms with Crippen LogP contribution in [-0.4, -0.2) is 36.7 Å². The van der Waals surface area contributed by atoms with Gasteiger partial charge in [0.2, 0.25) is 0 Å². The number of guanidine groups is 1. The second-order valence-corrected chi connectivity index (χ2v) is 7.06. The molecule has 136 valence electrons. The fourth-order valence-corrected chi connectivity index (χ4v) is 2.93. The standard InChI is InChI=1S/C19H28N4OS/c1-5-20-19(21-11-10-17-13-25-16(4)23-17)22-12-15(3)24-18-8-6-14(2)7-9-18/h6-9,13,15H,5,10-12H2,1-4H3,(H2,20,21,22). The quantitative estimate of drug-likeness (QED) is 0.560. The Morgan fingerprint density at radius 2 is 2.00 bits per heavy atom. The molecule has 2 aromatic rings. The summed E-state index contributed by atoms with van der Waals surface area (Å²) in [4.78, 5) is 9.09. The highest BCUT2D eigenvalue weighted by Crippen LogP contribution is 2.13. The van der Waals surface area contributed by atoms with Gasteiger partial charge in [0, 0.05) is 24.9 Å². The highest BCUT2D eigenvalue weighted by atomic mass is 32.1. The molecule has 6 heteroatoms. The summed E-state index contributed by atoms with van der Waals surface area (Å²) in [7, 11) is 0. The van der Waals surface area contributed by atoms with Crippen molar-refractivity contribution >= 4 is 17.3 Å². The Morgan fingerprint density at radius 1 is 1.24 bits per heavy atom. The first-order valence-electron chi connectivity index (χ1n) is 8.73. The van der Waals surface area contributed by atoms with Crippen LogP contribution in [0.15, 0.2) is 34.6 Å². The molecule has 0 aliphatic rings. The van der Waals surface area contributed by atoms with Crippen LogP contribution in [0.4, 0.5) is 0 Å². The summed E-state index contributed by atoms with van der Waals surface area (Å²) in [5, 5.41) is 9.84. The third-order valence-corrected chi connectivity index (χ3v) is 4.37. The molecule has 0 bridgehead atoms. The molecule has 1 unspecified atom stereocenters. The highest BCUT2D eigenvalue weighted by molar-refractivity contribution is 7.09. The van der Waals surface area contributed by atoms with Gasteiger partial charge in [-0.25, -0.2) is 9.98 Å². The average molecular weight is 361 g/mol. The van der Waals surface area contributed by atoms with Crippen molar-refractivity contribution in [2.75, 3.05) is 19.6 Å². The van der Waals surface area contributed by atoms with Crippen LogP contribution in [-0.2, 0) is 6.42 Å². The van der Waals surface area contributed by atoms with Crippen LogP contribution in [0.1, 0.15) is 30.1 Å². The van der Waals surface area contributed by atoms with Gasteiger partial charge in [-0.05, 0) is 39.8 Å². The molecule has 0 aliphatic carbocycles. The van der Waals surface area contributed by atoms with Crippen molar-refractivity contribution in [3.63, 3.8) is 0 Å². The first kappa shape index (κ1) is 19.2. The minimum atomic E-state index is 0.0133. The Labute approximate surface area is 154 Å². The van der Waals surface area contributed by atoms with Crippen molar-refractivity contribution in [2.24, 2.45) is 4.99 Å². The smallest absolute Gasteiger partial charge is 0.191 e. The number of thiazole rings is 1. The molecule has 2 rings (SSSR count). The molecule has 5 nitrogen and oxygen atoms in total. The highest BCUT2D eigenvalue weighted by Gasteiger charge is 2.05. The number of nitrogens with one attached hydrogen (secondary N) is 2. The third kappa shape index (κ3) is 7.13. The summed E-state index contributed by atoms with van der Waals surface area (Å²) in [6.07, 6.45) is 0.906. The molecule has 0 saturated heterocycles. The number of ether oxygens (including phenoxy) is 1. The molecule has 1 aromatic carbocycles. The molecule has 0 aliphatic heterocycles. The number of aryl methyl sites for hydroxylation is 2. The van der Waals surface area contributed by atoms with Crippen molar-refractivity contribution in [1.29, 1.82) is 0 Å². The van der Waals surface area contributed by atoms with Crippen molar-refractivity contribution in [3.05, 3.63) is 45.9 Å². The minimum absolute atomic E-state index is 0.0133. The lowest BCUT2D eigenvalue weighted by atomic mass is 10.2. The van der Waals surface area contributed by atoms with Crippen LogP contribution in [0.2, 0.25) is 0 Å². The topological polar surface area (TPSA) is 58.5 Å². The van der Waals surface area contributed by atoms with Gasteiger partial charge in [-0.3, -0.25) is 0 Å². The molecule has 0 fully saturated rings. The monoisotopic (exact) mass is 360 g/mol. The number of aromatic nitrogens is 1. The van der Waals surface area contributed by atoms with Gasteiger partial charge in [0.1, 0.15) is 11.9 Å². The fraction of sp³-hybridized carbons (Fsp3) is 0.474. The number of aliphatic imine (C=N–C) groups is 1. The van der Waals surface area contributed by atoms with E-state index in [4.69, 9.17) is 4.74 Å². The van der Waals surface area contributed by atoms with Crippen LogP contribution in [0.3, 0.4) is 0 Å². The van der Waals surface area contributed by atoms with E-state index in [-0.39, 0.29) is 6.10 Å². The van der Waals surface area contributed by atoms with E-state index in [9.17, 15) is 0 Å². The molecule has 1 atom stereocenters. The second-order valence-electron chi connectivity index (χ2n) is 6.00. The SMILES string of the molecule is CCNC(=NCC(C)Oc1ccc(C)cc1)NCCc1csc(C)n1. The maximum Gasteiger partial charge on any atom is 0.191 e. The molecule has 1 aromatic heterocycles. The first-order chi connectivity index (χ1) is 12.1. The predicted molar refractivity (Wildman–Crippen MR) is 106 cm³/mol. The maximum atomic E-state index is 5.90. The van der Waals surface area contributed by atoms with Gasteiger partial charge in [-0.2, -0.15) is 0 Å². The summed E-state index contributed by atoms with van der Waals surface area (Å²) in [6.45, 7) is 10.4. The molecular formula is C19H28N4OS. The maximum absolute atomic E-state index is 5.90. The third-order valence-electron chi connectivity index (χ3n) is 3.55. The fourth-order valence-electron chi connectivity index (χ4n) is 2.28. The van der Waals surface area contributed by atoms with Crippen molar-refractivity contribution in [3.8, 4) is 5.75 Å². The van der Waals surface area contributed by atoms with Crippen LogP contribution < -0.4 is 15.4 Å². The van der Waals surface area contributed by atoms with Gasteiger partial charge < -0.3 is 15.4 Å². The lowest BCUT2D eigenvalue weighted by molar-refractivity contribution is 0.230. The second kappa shape index (κ2) is 10.0. The number of rotatable bonds is 8. The summed E-state index contributed by atoms with van der Waals surface area (Å²) in [5.41, 5.74) is 2.36. The van der Waals surface area contributed by atoms with Gasteiger partial charge in [0.25, 0.3) is 0 Å². The van der Waals surface area contributed by atoms with E-state index < -0.39 is 0 Å². The number of hydrogen-bond acceptors (Lipinski definition) is 4. The van der Waals surface area contributed by atoms with Crippen LogP contribution in [0.25, 0.3) is 0 Å². The van der Waals surface area contributed by atoms with Gasteiger partial charge in [-0.1, -0.05) is 17.7 Å². The molecule has 1 heterocycles. The lowest BCUT2D eigenvalue weighted by Crippen LogP contribution is -2.39. The Kier molecular flexibility index (Phi) is 7.73. The van der Waals surface area contributed by atoms with Gasteiger partial charge in [-0.15, -0.1) is 11.3 Å². The molecule has 25 heavy (non-hydrogen) atoms. The molecule has 0 saturated carbocycles. The Balaban J connectivity index is 1.79. The number of benzene rings is 1. The Bertz CT molecular complexity index is 666. The summed E-state index contributed by atoms with van der Waals surface area (Å²) in [5.74, 6) is 1.69. The first-order valence-corrected chi connectivity index (χ1v) is 9.61.